The number of hydrogen-bond donors (Lipinski definition) is 2. The number of carbonyl (C=O) groups is 1. The number of benzene rings is 1. The summed E-state index contributed by atoms with van der Waals surface area (Å²) < 4.78 is 0. The first kappa shape index (κ1) is 11.9. The minimum Gasteiger partial charge on any atom is -0.369 e. The lowest BCUT2D eigenvalue weighted by atomic mass is 10.1. The Hall–Kier alpha value is -1.55. The number of carbonyl (C=O) groups excluding carboxylic acids is 1. The number of nitrogens with zero attached hydrogens (tertiary/aromatic N) is 1. The summed E-state index contributed by atoms with van der Waals surface area (Å²) in [6, 6.07) is 8.36. The van der Waals surface area contributed by atoms with Crippen molar-refractivity contribution in [2.24, 2.45) is 0 Å². The van der Waals surface area contributed by atoms with Crippen molar-refractivity contribution in [2.45, 2.75) is 13.0 Å². The van der Waals surface area contributed by atoms with E-state index in [0.717, 1.165) is 26.2 Å². The fourth-order valence-electron chi connectivity index (χ4n) is 2.17. The van der Waals surface area contributed by atoms with Gasteiger partial charge in [0.15, 0.2) is 0 Å². The summed E-state index contributed by atoms with van der Waals surface area (Å²) in [6.07, 6.45) is 0.577. The van der Waals surface area contributed by atoms with E-state index in [1.807, 2.05) is 7.05 Å². The quantitative estimate of drug-likeness (QED) is 0.809. The van der Waals surface area contributed by atoms with Gasteiger partial charge in [0.1, 0.15) is 0 Å². The molecule has 92 valence electrons. The summed E-state index contributed by atoms with van der Waals surface area (Å²) in [5, 5.41) is 6.08. The molecule has 0 aliphatic carbocycles. The molecule has 1 aliphatic heterocycles. The van der Waals surface area contributed by atoms with Crippen LogP contribution in [0, 0.1) is 0 Å². The first-order chi connectivity index (χ1) is 8.31. The van der Waals surface area contributed by atoms with Gasteiger partial charge in [0, 0.05) is 38.3 Å². The SMILES string of the molecule is CNCc1ccccc1N1CCNC(=O)CC1. The van der Waals surface area contributed by atoms with Crippen molar-refractivity contribution in [3.8, 4) is 0 Å². The third-order valence-electron chi connectivity index (χ3n) is 3.01. The zero-order valence-electron chi connectivity index (χ0n) is 10.2. The molecule has 0 atom stereocenters. The minimum atomic E-state index is 0.151. The van der Waals surface area contributed by atoms with Crippen LogP contribution in [0.4, 0.5) is 5.69 Å². The van der Waals surface area contributed by atoms with Gasteiger partial charge < -0.3 is 15.5 Å². The molecule has 2 N–H and O–H groups in total. The average Bonchev–Trinajstić information content (AvgIpc) is 2.55. The normalized spacial score (nSPS) is 16.5. The zero-order valence-corrected chi connectivity index (χ0v) is 10.2. The molecule has 1 saturated heterocycles. The van der Waals surface area contributed by atoms with E-state index in [0.29, 0.717) is 6.42 Å². The third kappa shape index (κ3) is 2.97. The number of nitrogens with one attached hydrogen (secondary N) is 2. The van der Waals surface area contributed by atoms with Crippen LogP contribution in [0.25, 0.3) is 0 Å². The van der Waals surface area contributed by atoms with Crippen LogP contribution in [0.15, 0.2) is 24.3 Å². The molecule has 1 aromatic rings. The van der Waals surface area contributed by atoms with Crippen molar-refractivity contribution < 1.29 is 4.79 Å². The third-order valence-corrected chi connectivity index (χ3v) is 3.01. The second-order valence-corrected chi connectivity index (χ2v) is 4.25. The van der Waals surface area contributed by atoms with Crippen molar-refractivity contribution in [3.63, 3.8) is 0 Å². The van der Waals surface area contributed by atoms with E-state index in [9.17, 15) is 4.79 Å². The van der Waals surface area contributed by atoms with Crippen molar-refractivity contribution in [3.05, 3.63) is 29.8 Å². The summed E-state index contributed by atoms with van der Waals surface area (Å²) in [5.74, 6) is 0.151. The van der Waals surface area contributed by atoms with Crippen molar-refractivity contribution >= 4 is 11.6 Å². The maximum Gasteiger partial charge on any atom is 0.221 e. The number of para-hydroxylation sites is 1. The van der Waals surface area contributed by atoms with Crippen LogP contribution in [0.3, 0.4) is 0 Å². The molecule has 1 aliphatic rings. The number of hydrogen-bond acceptors (Lipinski definition) is 3. The maximum atomic E-state index is 11.3. The van der Waals surface area contributed by atoms with Crippen molar-refractivity contribution in [1.82, 2.24) is 10.6 Å². The molecule has 4 nitrogen and oxygen atoms in total. The van der Waals surface area contributed by atoms with Crippen LogP contribution < -0.4 is 15.5 Å². The average molecular weight is 233 g/mol. The van der Waals surface area contributed by atoms with E-state index >= 15 is 0 Å². The standard InChI is InChI=1S/C13H19N3O/c1-14-10-11-4-2-3-5-12(11)16-8-6-13(17)15-7-9-16/h2-5,14H,6-10H2,1H3,(H,15,17). The smallest absolute Gasteiger partial charge is 0.221 e. The van der Waals surface area contributed by atoms with Crippen LogP contribution in [0.2, 0.25) is 0 Å². The van der Waals surface area contributed by atoms with Gasteiger partial charge in [-0.3, -0.25) is 4.79 Å². The number of rotatable bonds is 3. The van der Waals surface area contributed by atoms with Gasteiger partial charge in [-0.15, -0.1) is 0 Å². The van der Waals surface area contributed by atoms with Gasteiger partial charge in [-0.1, -0.05) is 18.2 Å². The Balaban J connectivity index is 2.17. The van der Waals surface area contributed by atoms with Crippen LogP contribution >= 0.6 is 0 Å². The molecule has 0 radical (unpaired) electrons. The first-order valence-electron chi connectivity index (χ1n) is 6.05. The van der Waals surface area contributed by atoms with E-state index in [2.05, 4.69) is 39.8 Å². The fourth-order valence-corrected chi connectivity index (χ4v) is 2.17. The van der Waals surface area contributed by atoms with Crippen LogP contribution in [-0.4, -0.2) is 32.6 Å². The van der Waals surface area contributed by atoms with Crippen LogP contribution in [0.5, 0.6) is 0 Å². The van der Waals surface area contributed by atoms with Crippen LogP contribution in [0.1, 0.15) is 12.0 Å². The van der Waals surface area contributed by atoms with Gasteiger partial charge >= 0.3 is 0 Å². The fraction of sp³-hybridized carbons (Fsp3) is 0.462. The lowest BCUT2D eigenvalue weighted by molar-refractivity contribution is -0.120. The highest BCUT2D eigenvalue weighted by Crippen LogP contribution is 2.20. The molecule has 17 heavy (non-hydrogen) atoms. The van der Waals surface area contributed by atoms with Gasteiger partial charge in [-0.05, 0) is 18.7 Å². The highest BCUT2D eigenvalue weighted by atomic mass is 16.1. The predicted molar refractivity (Wildman–Crippen MR) is 69.0 cm³/mol. The maximum absolute atomic E-state index is 11.3. The van der Waals surface area contributed by atoms with Gasteiger partial charge in [0.2, 0.25) is 5.91 Å². The largest absolute Gasteiger partial charge is 0.369 e. The van der Waals surface area contributed by atoms with Crippen molar-refractivity contribution in [1.29, 1.82) is 0 Å². The molecule has 1 fully saturated rings. The molecule has 0 aromatic heterocycles. The Labute approximate surface area is 102 Å². The summed E-state index contributed by atoms with van der Waals surface area (Å²) in [6.45, 7) is 3.26. The van der Waals surface area contributed by atoms with Crippen LogP contribution in [-0.2, 0) is 11.3 Å². The Morgan fingerprint density at radius 3 is 3.00 bits per heavy atom. The van der Waals surface area contributed by atoms with Gasteiger partial charge in [0.25, 0.3) is 0 Å². The molecule has 1 aromatic carbocycles. The molecular formula is C13H19N3O. The molecule has 0 bridgehead atoms. The lowest BCUT2D eigenvalue weighted by Gasteiger charge is -2.24. The van der Waals surface area contributed by atoms with E-state index in [-0.39, 0.29) is 5.91 Å². The highest BCUT2D eigenvalue weighted by Gasteiger charge is 2.15. The predicted octanol–water partition coefficient (Wildman–Crippen LogP) is 0.732. The summed E-state index contributed by atoms with van der Waals surface area (Å²) in [5.41, 5.74) is 2.52. The molecule has 4 heteroatoms. The summed E-state index contributed by atoms with van der Waals surface area (Å²) in [7, 11) is 1.95. The Morgan fingerprint density at radius 2 is 2.18 bits per heavy atom. The van der Waals surface area contributed by atoms with Gasteiger partial charge in [-0.2, -0.15) is 0 Å². The van der Waals surface area contributed by atoms with E-state index < -0.39 is 0 Å². The number of amides is 1. The monoisotopic (exact) mass is 233 g/mol. The van der Waals surface area contributed by atoms with Gasteiger partial charge in [-0.25, -0.2) is 0 Å². The molecule has 0 spiro atoms. The Bertz CT molecular complexity index is 392. The highest BCUT2D eigenvalue weighted by molar-refractivity contribution is 5.77. The molecular weight excluding hydrogens is 214 g/mol. The topological polar surface area (TPSA) is 44.4 Å². The molecule has 0 saturated carbocycles. The van der Waals surface area contributed by atoms with E-state index in [1.165, 1.54) is 11.3 Å². The van der Waals surface area contributed by atoms with E-state index in [1.54, 1.807) is 0 Å². The molecule has 1 heterocycles. The van der Waals surface area contributed by atoms with Gasteiger partial charge in [0.05, 0.1) is 0 Å². The Morgan fingerprint density at radius 1 is 1.35 bits per heavy atom. The van der Waals surface area contributed by atoms with E-state index in [4.69, 9.17) is 0 Å². The zero-order chi connectivity index (χ0) is 12.1. The first-order valence-corrected chi connectivity index (χ1v) is 6.05. The molecule has 2 rings (SSSR count). The van der Waals surface area contributed by atoms with Crippen molar-refractivity contribution in [2.75, 3.05) is 31.6 Å². The number of anilines is 1. The summed E-state index contributed by atoms with van der Waals surface area (Å²) in [4.78, 5) is 13.6. The Kier molecular flexibility index (Phi) is 3.98. The molecule has 0 unspecified atom stereocenters. The minimum absolute atomic E-state index is 0.151. The lowest BCUT2D eigenvalue weighted by Crippen LogP contribution is -2.29. The second kappa shape index (κ2) is 5.68. The molecule has 1 amide bonds. The second-order valence-electron chi connectivity index (χ2n) is 4.25. The summed E-state index contributed by atoms with van der Waals surface area (Å²) >= 11 is 0.